The van der Waals surface area contributed by atoms with E-state index in [0.717, 1.165) is 19.5 Å². The van der Waals surface area contributed by atoms with Gasteiger partial charge in [0, 0.05) is 24.6 Å². The number of phenolic OH excluding ortho intramolecular Hbond substituents is 1. The molecule has 2 unspecified atom stereocenters. The van der Waals surface area contributed by atoms with Gasteiger partial charge in [-0.1, -0.05) is 0 Å². The van der Waals surface area contributed by atoms with Crippen molar-refractivity contribution in [3.63, 3.8) is 0 Å². The van der Waals surface area contributed by atoms with Gasteiger partial charge in [0.25, 0.3) is 0 Å². The molecule has 20 heavy (non-hydrogen) atoms. The molecule has 0 aliphatic carbocycles. The van der Waals surface area contributed by atoms with E-state index in [2.05, 4.69) is 4.90 Å². The van der Waals surface area contributed by atoms with E-state index in [9.17, 15) is 14.3 Å². The summed E-state index contributed by atoms with van der Waals surface area (Å²) in [5.74, 6) is -0.650. The Morgan fingerprint density at radius 1 is 1.55 bits per heavy atom. The number of aliphatic carboxylic acids is 1. The SMILES string of the molecule is CC(c1cc(F)ccc1O)N1CCC(CCC(=O)O)C1. The van der Waals surface area contributed by atoms with Crippen molar-refractivity contribution in [1.82, 2.24) is 4.90 Å². The third-order valence-electron chi connectivity index (χ3n) is 4.07. The summed E-state index contributed by atoms with van der Waals surface area (Å²) >= 11 is 0. The second-order valence-electron chi connectivity index (χ2n) is 5.46. The van der Waals surface area contributed by atoms with Crippen molar-refractivity contribution in [2.24, 2.45) is 5.92 Å². The number of phenols is 1. The van der Waals surface area contributed by atoms with Gasteiger partial charge < -0.3 is 10.2 Å². The monoisotopic (exact) mass is 281 g/mol. The predicted molar refractivity (Wildman–Crippen MR) is 73.0 cm³/mol. The third kappa shape index (κ3) is 3.48. The van der Waals surface area contributed by atoms with Gasteiger partial charge in [0.05, 0.1) is 0 Å². The van der Waals surface area contributed by atoms with E-state index in [1.807, 2.05) is 6.92 Å². The first-order valence-corrected chi connectivity index (χ1v) is 6.91. The zero-order chi connectivity index (χ0) is 14.7. The summed E-state index contributed by atoms with van der Waals surface area (Å²) in [5.41, 5.74) is 0.587. The molecule has 0 bridgehead atoms. The molecule has 2 rings (SSSR count). The van der Waals surface area contributed by atoms with Crippen molar-refractivity contribution >= 4 is 5.97 Å². The third-order valence-corrected chi connectivity index (χ3v) is 4.07. The molecule has 0 saturated carbocycles. The van der Waals surface area contributed by atoms with Gasteiger partial charge in [-0.2, -0.15) is 0 Å². The maximum absolute atomic E-state index is 13.3. The van der Waals surface area contributed by atoms with Crippen LogP contribution in [0, 0.1) is 11.7 Å². The molecule has 0 aromatic heterocycles. The number of likely N-dealkylation sites (tertiary alicyclic amines) is 1. The zero-order valence-corrected chi connectivity index (χ0v) is 11.6. The smallest absolute Gasteiger partial charge is 0.303 e. The van der Waals surface area contributed by atoms with Crippen LogP contribution in [0.1, 0.15) is 37.8 Å². The first-order chi connectivity index (χ1) is 9.47. The Kier molecular flexibility index (Phi) is 4.60. The molecular weight excluding hydrogens is 261 g/mol. The number of carboxylic acids is 1. The Morgan fingerprint density at radius 2 is 2.30 bits per heavy atom. The molecule has 4 nitrogen and oxygen atoms in total. The summed E-state index contributed by atoms with van der Waals surface area (Å²) < 4.78 is 13.3. The second kappa shape index (κ2) is 6.22. The summed E-state index contributed by atoms with van der Waals surface area (Å²) in [5, 5.41) is 18.5. The molecule has 1 aliphatic heterocycles. The predicted octanol–water partition coefficient (Wildman–Crippen LogP) is 2.78. The van der Waals surface area contributed by atoms with Crippen LogP contribution >= 0.6 is 0 Å². The summed E-state index contributed by atoms with van der Waals surface area (Å²) in [6, 6.07) is 3.91. The Hall–Kier alpha value is -1.62. The molecule has 0 radical (unpaired) electrons. The highest BCUT2D eigenvalue weighted by atomic mass is 19.1. The van der Waals surface area contributed by atoms with Crippen LogP contribution in [0.2, 0.25) is 0 Å². The fourth-order valence-corrected chi connectivity index (χ4v) is 2.83. The van der Waals surface area contributed by atoms with E-state index in [1.165, 1.54) is 18.2 Å². The molecule has 2 atom stereocenters. The van der Waals surface area contributed by atoms with Crippen LogP contribution in [0.15, 0.2) is 18.2 Å². The maximum Gasteiger partial charge on any atom is 0.303 e. The fourth-order valence-electron chi connectivity index (χ4n) is 2.83. The van der Waals surface area contributed by atoms with Gasteiger partial charge in [0.15, 0.2) is 0 Å². The van der Waals surface area contributed by atoms with Gasteiger partial charge in [-0.15, -0.1) is 0 Å². The van der Waals surface area contributed by atoms with Crippen LogP contribution in [0.4, 0.5) is 4.39 Å². The highest BCUT2D eigenvalue weighted by Crippen LogP contribution is 2.33. The number of nitrogens with zero attached hydrogens (tertiary/aromatic N) is 1. The first-order valence-electron chi connectivity index (χ1n) is 6.91. The van der Waals surface area contributed by atoms with E-state index < -0.39 is 5.97 Å². The summed E-state index contributed by atoms with van der Waals surface area (Å²) in [6.45, 7) is 3.58. The molecule has 2 N–H and O–H groups in total. The quantitative estimate of drug-likeness (QED) is 0.871. The van der Waals surface area contributed by atoms with Crippen LogP contribution in [-0.4, -0.2) is 34.2 Å². The highest BCUT2D eigenvalue weighted by Gasteiger charge is 2.28. The molecule has 1 aliphatic rings. The van der Waals surface area contributed by atoms with Crippen LogP contribution in [0.3, 0.4) is 0 Å². The Labute approximate surface area is 117 Å². The van der Waals surface area contributed by atoms with Crippen molar-refractivity contribution in [2.75, 3.05) is 13.1 Å². The largest absolute Gasteiger partial charge is 0.508 e. The highest BCUT2D eigenvalue weighted by molar-refractivity contribution is 5.66. The van der Waals surface area contributed by atoms with Crippen molar-refractivity contribution in [3.8, 4) is 5.75 Å². The number of rotatable bonds is 5. The van der Waals surface area contributed by atoms with Crippen LogP contribution in [0.5, 0.6) is 5.75 Å². The molecule has 1 saturated heterocycles. The lowest BCUT2D eigenvalue weighted by molar-refractivity contribution is -0.137. The minimum atomic E-state index is -0.765. The van der Waals surface area contributed by atoms with Gasteiger partial charge in [0.2, 0.25) is 0 Å². The van der Waals surface area contributed by atoms with E-state index in [4.69, 9.17) is 5.11 Å². The molecule has 0 amide bonds. The Bertz CT molecular complexity index is 492. The van der Waals surface area contributed by atoms with Crippen molar-refractivity contribution < 1.29 is 19.4 Å². The molecule has 0 spiro atoms. The molecule has 1 aromatic carbocycles. The summed E-state index contributed by atoms with van der Waals surface area (Å²) in [7, 11) is 0. The lowest BCUT2D eigenvalue weighted by Crippen LogP contribution is -2.24. The molecule has 1 fully saturated rings. The van der Waals surface area contributed by atoms with E-state index in [-0.39, 0.29) is 24.0 Å². The Balaban J connectivity index is 1.98. The average Bonchev–Trinajstić information content (AvgIpc) is 2.87. The number of carboxylic acid groups (broad SMARTS) is 1. The van der Waals surface area contributed by atoms with Crippen molar-refractivity contribution in [2.45, 2.75) is 32.2 Å². The van der Waals surface area contributed by atoms with E-state index in [1.54, 1.807) is 0 Å². The summed E-state index contributed by atoms with van der Waals surface area (Å²) in [4.78, 5) is 12.8. The molecular formula is C15H20FNO3. The zero-order valence-electron chi connectivity index (χ0n) is 11.6. The van der Waals surface area contributed by atoms with E-state index >= 15 is 0 Å². The van der Waals surface area contributed by atoms with Gasteiger partial charge >= 0.3 is 5.97 Å². The molecule has 5 heteroatoms. The Morgan fingerprint density at radius 3 is 3.00 bits per heavy atom. The fraction of sp³-hybridized carbons (Fsp3) is 0.533. The number of hydrogen-bond acceptors (Lipinski definition) is 3. The maximum atomic E-state index is 13.3. The number of benzene rings is 1. The lowest BCUT2D eigenvalue weighted by Gasteiger charge is -2.25. The minimum absolute atomic E-state index is 0.0690. The van der Waals surface area contributed by atoms with Gasteiger partial charge in [-0.3, -0.25) is 9.69 Å². The number of halogens is 1. The number of hydrogen-bond donors (Lipinski definition) is 2. The average molecular weight is 281 g/mol. The van der Waals surface area contributed by atoms with Gasteiger partial charge in [0.1, 0.15) is 11.6 Å². The molecule has 1 aromatic rings. The topological polar surface area (TPSA) is 60.8 Å². The van der Waals surface area contributed by atoms with Crippen molar-refractivity contribution in [3.05, 3.63) is 29.6 Å². The number of carbonyl (C=O) groups is 1. The normalized spacial score (nSPS) is 21.0. The lowest BCUT2D eigenvalue weighted by atomic mass is 10.0. The van der Waals surface area contributed by atoms with Gasteiger partial charge in [-0.05, 0) is 50.4 Å². The standard InChI is InChI=1S/C15H20FNO3/c1-10(13-8-12(16)3-4-14(13)18)17-7-6-11(9-17)2-5-15(19)20/h3-4,8,10-11,18H,2,5-7,9H2,1H3,(H,19,20). The van der Waals surface area contributed by atoms with Gasteiger partial charge in [-0.25, -0.2) is 4.39 Å². The van der Waals surface area contributed by atoms with E-state index in [0.29, 0.717) is 17.9 Å². The number of aromatic hydroxyl groups is 1. The minimum Gasteiger partial charge on any atom is -0.508 e. The van der Waals surface area contributed by atoms with Crippen molar-refractivity contribution in [1.29, 1.82) is 0 Å². The van der Waals surface area contributed by atoms with Crippen LogP contribution in [-0.2, 0) is 4.79 Å². The second-order valence-corrected chi connectivity index (χ2v) is 5.46. The van der Waals surface area contributed by atoms with Crippen LogP contribution in [0.25, 0.3) is 0 Å². The van der Waals surface area contributed by atoms with Crippen LogP contribution < -0.4 is 0 Å². The molecule has 1 heterocycles. The summed E-state index contributed by atoms with van der Waals surface area (Å²) in [6.07, 6.45) is 1.82. The molecule has 110 valence electrons. The first kappa shape index (κ1) is 14.8.